The summed E-state index contributed by atoms with van der Waals surface area (Å²) in [5, 5.41) is -0.371. The number of carbonyl (C=O) groups is 1. The third-order valence-corrected chi connectivity index (χ3v) is 4.28. The second kappa shape index (κ2) is 3.77. The molecule has 1 saturated heterocycles. The Hall–Kier alpha value is -0.580. The van der Waals surface area contributed by atoms with Crippen LogP contribution in [0.5, 0.6) is 0 Å². The molecule has 1 fully saturated rings. The summed E-state index contributed by atoms with van der Waals surface area (Å²) in [6, 6.07) is 0. The molecule has 0 saturated carbocycles. The van der Waals surface area contributed by atoms with Gasteiger partial charge < -0.3 is 4.90 Å². The summed E-state index contributed by atoms with van der Waals surface area (Å²) in [4.78, 5) is 13.5. The number of nitrogens with zero attached hydrogens (tertiary/aromatic N) is 1. The van der Waals surface area contributed by atoms with Crippen LogP contribution in [0, 0.1) is 5.41 Å². The van der Waals surface area contributed by atoms with Gasteiger partial charge in [-0.25, -0.2) is 8.42 Å². The Labute approximate surface area is 91.6 Å². The molecule has 0 aliphatic carbocycles. The Balaban J connectivity index is 2.70. The van der Waals surface area contributed by atoms with Crippen molar-refractivity contribution in [3.63, 3.8) is 0 Å². The van der Waals surface area contributed by atoms with E-state index in [0.717, 1.165) is 0 Å². The summed E-state index contributed by atoms with van der Waals surface area (Å²) < 4.78 is 22.6. The van der Waals surface area contributed by atoms with Crippen molar-refractivity contribution in [2.75, 3.05) is 19.3 Å². The van der Waals surface area contributed by atoms with E-state index in [2.05, 4.69) is 0 Å². The zero-order valence-corrected chi connectivity index (χ0v) is 10.6. The third-order valence-electron chi connectivity index (χ3n) is 2.68. The van der Waals surface area contributed by atoms with Crippen molar-refractivity contribution in [3.05, 3.63) is 0 Å². The molecule has 1 aliphatic heterocycles. The smallest absolute Gasteiger partial charge is 0.227 e. The van der Waals surface area contributed by atoms with Crippen molar-refractivity contribution < 1.29 is 13.2 Å². The molecule has 0 bridgehead atoms. The van der Waals surface area contributed by atoms with Gasteiger partial charge in [-0.2, -0.15) is 0 Å². The Morgan fingerprint density at radius 3 is 2.20 bits per heavy atom. The SMILES string of the molecule is CC(C)(C)C(=O)N1CC[C@@H](S(C)(=O)=O)C1. The molecule has 0 spiro atoms. The van der Waals surface area contributed by atoms with Gasteiger partial charge >= 0.3 is 0 Å². The fourth-order valence-corrected chi connectivity index (χ4v) is 2.72. The third kappa shape index (κ3) is 2.93. The standard InChI is InChI=1S/C10H19NO3S/c1-10(2,3)9(12)11-6-5-8(7-11)15(4,13)14/h8H,5-7H2,1-4H3/t8-/m1/s1. The molecular weight excluding hydrogens is 214 g/mol. The predicted molar refractivity (Wildman–Crippen MR) is 59.3 cm³/mol. The molecule has 88 valence electrons. The molecule has 1 amide bonds. The van der Waals surface area contributed by atoms with Crippen LogP contribution in [0.2, 0.25) is 0 Å². The first-order chi connectivity index (χ1) is 6.62. The van der Waals surface area contributed by atoms with Gasteiger partial charge in [-0.3, -0.25) is 4.79 Å². The molecule has 0 radical (unpaired) electrons. The van der Waals surface area contributed by atoms with Crippen molar-refractivity contribution in [2.45, 2.75) is 32.4 Å². The molecule has 1 heterocycles. The summed E-state index contributed by atoms with van der Waals surface area (Å²) in [6.07, 6.45) is 1.81. The highest BCUT2D eigenvalue weighted by Gasteiger charge is 2.36. The average molecular weight is 233 g/mol. The number of carbonyl (C=O) groups excluding carboxylic acids is 1. The molecule has 0 aromatic carbocycles. The van der Waals surface area contributed by atoms with Crippen LogP contribution in [0.15, 0.2) is 0 Å². The lowest BCUT2D eigenvalue weighted by Gasteiger charge is -2.25. The first kappa shape index (κ1) is 12.5. The summed E-state index contributed by atoms with van der Waals surface area (Å²) in [5.41, 5.74) is -0.424. The predicted octanol–water partition coefficient (Wildman–Crippen LogP) is 0.678. The minimum Gasteiger partial charge on any atom is -0.341 e. The zero-order chi connectivity index (χ0) is 11.9. The Kier molecular flexibility index (Phi) is 3.14. The van der Waals surface area contributed by atoms with E-state index >= 15 is 0 Å². The molecule has 15 heavy (non-hydrogen) atoms. The highest BCUT2D eigenvalue weighted by atomic mass is 32.2. The summed E-state index contributed by atoms with van der Waals surface area (Å²) in [7, 11) is -3.01. The van der Waals surface area contributed by atoms with Gasteiger partial charge in [0.25, 0.3) is 0 Å². The van der Waals surface area contributed by atoms with E-state index in [1.807, 2.05) is 20.8 Å². The van der Waals surface area contributed by atoms with E-state index in [-0.39, 0.29) is 11.2 Å². The van der Waals surface area contributed by atoms with Crippen molar-refractivity contribution in [2.24, 2.45) is 5.41 Å². The second-order valence-electron chi connectivity index (χ2n) is 5.24. The lowest BCUT2D eigenvalue weighted by atomic mass is 9.95. The number of sulfone groups is 1. The number of likely N-dealkylation sites (tertiary alicyclic amines) is 1. The van der Waals surface area contributed by atoms with Gasteiger partial charge in [0.05, 0.1) is 5.25 Å². The molecule has 1 atom stereocenters. The van der Waals surface area contributed by atoms with Crippen LogP contribution in [0.25, 0.3) is 0 Å². The summed E-state index contributed by atoms with van der Waals surface area (Å²) >= 11 is 0. The molecule has 0 aromatic rings. The van der Waals surface area contributed by atoms with Gasteiger partial charge in [0.15, 0.2) is 9.84 Å². The van der Waals surface area contributed by atoms with Crippen LogP contribution in [-0.4, -0.2) is 43.8 Å². The zero-order valence-electron chi connectivity index (χ0n) is 9.78. The molecular formula is C10H19NO3S. The second-order valence-corrected chi connectivity index (χ2v) is 7.57. The van der Waals surface area contributed by atoms with Gasteiger partial charge in [-0.15, -0.1) is 0 Å². The molecule has 0 aromatic heterocycles. The monoisotopic (exact) mass is 233 g/mol. The molecule has 0 unspecified atom stereocenters. The maximum absolute atomic E-state index is 11.9. The minimum absolute atomic E-state index is 0.0358. The highest BCUT2D eigenvalue weighted by Crippen LogP contribution is 2.23. The number of hydrogen-bond acceptors (Lipinski definition) is 3. The van der Waals surface area contributed by atoms with Crippen molar-refractivity contribution in [3.8, 4) is 0 Å². The van der Waals surface area contributed by atoms with E-state index in [1.54, 1.807) is 4.90 Å². The minimum atomic E-state index is -3.01. The van der Waals surface area contributed by atoms with E-state index in [0.29, 0.717) is 19.5 Å². The highest BCUT2D eigenvalue weighted by molar-refractivity contribution is 7.91. The van der Waals surface area contributed by atoms with E-state index in [9.17, 15) is 13.2 Å². The van der Waals surface area contributed by atoms with E-state index in [1.165, 1.54) is 6.26 Å². The quantitative estimate of drug-likeness (QED) is 0.669. The molecule has 1 rings (SSSR count). The van der Waals surface area contributed by atoms with Gasteiger partial charge in [0, 0.05) is 24.8 Å². The van der Waals surface area contributed by atoms with Gasteiger partial charge in [-0.1, -0.05) is 20.8 Å². The summed E-state index contributed by atoms with van der Waals surface area (Å²) in [5.74, 6) is 0.0358. The van der Waals surface area contributed by atoms with E-state index < -0.39 is 15.3 Å². The van der Waals surface area contributed by atoms with Crippen molar-refractivity contribution >= 4 is 15.7 Å². The van der Waals surface area contributed by atoms with Crippen molar-refractivity contribution in [1.82, 2.24) is 4.90 Å². The normalized spacial score (nSPS) is 23.2. The van der Waals surface area contributed by atoms with Crippen LogP contribution in [0.1, 0.15) is 27.2 Å². The van der Waals surface area contributed by atoms with Crippen LogP contribution in [-0.2, 0) is 14.6 Å². The molecule has 5 heteroatoms. The lowest BCUT2D eigenvalue weighted by Crippen LogP contribution is -2.39. The Morgan fingerprint density at radius 1 is 1.33 bits per heavy atom. The van der Waals surface area contributed by atoms with Crippen LogP contribution >= 0.6 is 0 Å². The largest absolute Gasteiger partial charge is 0.341 e. The topological polar surface area (TPSA) is 54.5 Å². The first-order valence-electron chi connectivity index (χ1n) is 5.10. The van der Waals surface area contributed by atoms with Crippen molar-refractivity contribution in [1.29, 1.82) is 0 Å². The average Bonchev–Trinajstić information content (AvgIpc) is 2.47. The number of rotatable bonds is 1. The fourth-order valence-electron chi connectivity index (χ4n) is 1.74. The maximum Gasteiger partial charge on any atom is 0.227 e. The van der Waals surface area contributed by atoms with Crippen LogP contribution in [0.3, 0.4) is 0 Å². The van der Waals surface area contributed by atoms with Crippen LogP contribution < -0.4 is 0 Å². The van der Waals surface area contributed by atoms with Crippen LogP contribution in [0.4, 0.5) is 0 Å². The molecule has 1 aliphatic rings. The van der Waals surface area contributed by atoms with Gasteiger partial charge in [-0.05, 0) is 6.42 Å². The van der Waals surface area contributed by atoms with E-state index in [4.69, 9.17) is 0 Å². The number of amides is 1. The van der Waals surface area contributed by atoms with Gasteiger partial charge in [0.1, 0.15) is 0 Å². The Bertz CT molecular complexity index is 353. The lowest BCUT2D eigenvalue weighted by molar-refractivity contribution is -0.138. The molecule has 4 nitrogen and oxygen atoms in total. The summed E-state index contributed by atoms with van der Waals surface area (Å²) in [6.45, 7) is 6.47. The fraction of sp³-hybridized carbons (Fsp3) is 0.900. The maximum atomic E-state index is 11.9. The molecule has 0 N–H and O–H groups in total. The Morgan fingerprint density at radius 2 is 1.87 bits per heavy atom. The number of hydrogen-bond donors (Lipinski definition) is 0. The van der Waals surface area contributed by atoms with Gasteiger partial charge in [0.2, 0.25) is 5.91 Å². The first-order valence-corrected chi connectivity index (χ1v) is 7.06.